The number of carbonyl (C=O) groups is 3. The van der Waals surface area contributed by atoms with Crippen LogP contribution in [0.25, 0.3) is 0 Å². The van der Waals surface area contributed by atoms with Crippen LogP contribution in [0.5, 0.6) is 0 Å². The van der Waals surface area contributed by atoms with Gasteiger partial charge in [0, 0.05) is 12.1 Å². The van der Waals surface area contributed by atoms with E-state index in [4.69, 9.17) is 5.73 Å². The van der Waals surface area contributed by atoms with Gasteiger partial charge in [0.1, 0.15) is 5.25 Å². The molecule has 2 amide bonds. The Hall–Kier alpha value is -2.35. The van der Waals surface area contributed by atoms with Gasteiger partial charge in [-0.1, -0.05) is 11.8 Å². The molecule has 0 radical (unpaired) electrons. The van der Waals surface area contributed by atoms with E-state index in [-0.39, 0.29) is 17.5 Å². The topological polar surface area (TPSA) is 111 Å². The molecule has 0 fully saturated rings. The molecule has 8 heteroatoms. The number of carbonyl (C=O) groups excluding carboxylic acids is 3. The smallest absolute Gasteiger partial charge is 0.337 e. The summed E-state index contributed by atoms with van der Waals surface area (Å²) in [5.41, 5.74) is 6.33. The molecule has 7 nitrogen and oxygen atoms in total. The molecule has 0 spiro atoms. The first-order valence-electron chi connectivity index (χ1n) is 6.02. The van der Waals surface area contributed by atoms with Crippen LogP contribution in [-0.2, 0) is 14.3 Å². The van der Waals surface area contributed by atoms with Crippen molar-refractivity contribution in [3.8, 4) is 0 Å². The lowest BCUT2D eigenvalue weighted by Crippen LogP contribution is -2.21. The molecule has 1 aliphatic heterocycles. The second kappa shape index (κ2) is 6.40. The Kier molecular flexibility index (Phi) is 4.59. The highest BCUT2D eigenvalue weighted by atomic mass is 32.2. The number of amidine groups is 1. The number of nitrogens with two attached hydrogens (primary N) is 1. The van der Waals surface area contributed by atoms with E-state index in [0.29, 0.717) is 11.3 Å². The van der Waals surface area contributed by atoms with E-state index in [1.54, 1.807) is 12.1 Å². The summed E-state index contributed by atoms with van der Waals surface area (Å²) in [6.45, 7) is 0. The molecular weight excluding hydrogens is 294 g/mol. The maximum Gasteiger partial charge on any atom is 0.337 e. The average molecular weight is 307 g/mol. The summed E-state index contributed by atoms with van der Waals surface area (Å²) in [4.78, 5) is 38.1. The van der Waals surface area contributed by atoms with Gasteiger partial charge in [0.25, 0.3) is 5.91 Å². The van der Waals surface area contributed by atoms with Gasteiger partial charge < -0.3 is 15.8 Å². The van der Waals surface area contributed by atoms with E-state index in [1.807, 2.05) is 0 Å². The molecule has 1 atom stereocenters. The van der Waals surface area contributed by atoms with E-state index < -0.39 is 17.1 Å². The number of nitrogens with one attached hydrogen (secondary N) is 1. The zero-order chi connectivity index (χ0) is 15.4. The number of anilines is 1. The van der Waals surface area contributed by atoms with Gasteiger partial charge in [-0.2, -0.15) is 4.99 Å². The Morgan fingerprint density at radius 3 is 2.57 bits per heavy atom. The maximum atomic E-state index is 11.8. The van der Waals surface area contributed by atoms with Crippen molar-refractivity contribution in [2.75, 3.05) is 12.4 Å². The van der Waals surface area contributed by atoms with Crippen LogP contribution in [0, 0.1) is 0 Å². The zero-order valence-corrected chi connectivity index (χ0v) is 12.0. The monoisotopic (exact) mass is 307 g/mol. The van der Waals surface area contributed by atoms with Gasteiger partial charge in [-0.15, -0.1) is 0 Å². The number of aliphatic imine (C=N–C) groups is 1. The average Bonchev–Trinajstić information content (AvgIpc) is 2.76. The third-order valence-corrected chi connectivity index (χ3v) is 3.70. The van der Waals surface area contributed by atoms with Gasteiger partial charge in [0.2, 0.25) is 5.91 Å². The molecule has 1 heterocycles. The first-order chi connectivity index (χ1) is 9.99. The minimum absolute atomic E-state index is 0.00749. The van der Waals surface area contributed by atoms with E-state index >= 15 is 0 Å². The second-order valence-electron chi connectivity index (χ2n) is 4.22. The van der Waals surface area contributed by atoms with Gasteiger partial charge in [-0.3, -0.25) is 9.59 Å². The summed E-state index contributed by atoms with van der Waals surface area (Å²) in [6.07, 6.45) is -0.00749. The summed E-state index contributed by atoms with van der Waals surface area (Å²) in [7, 11) is 1.29. The molecule has 0 saturated carbocycles. The molecule has 110 valence electrons. The minimum atomic E-state index is -0.570. The Morgan fingerprint density at radius 1 is 1.38 bits per heavy atom. The van der Waals surface area contributed by atoms with Crippen molar-refractivity contribution in [1.82, 2.24) is 0 Å². The van der Waals surface area contributed by atoms with Crippen LogP contribution in [0.4, 0.5) is 5.69 Å². The van der Waals surface area contributed by atoms with Crippen molar-refractivity contribution in [2.45, 2.75) is 11.7 Å². The fourth-order valence-corrected chi connectivity index (χ4v) is 2.54. The molecule has 0 bridgehead atoms. The number of nitrogens with zero attached hydrogens (tertiary/aromatic N) is 1. The van der Waals surface area contributed by atoms with Crippen LogP contribution < -0.4 is 11.1 Å². The molecule has 0 aromatic heterocycles. The standard InChI is InChI=1S/C13H13N3O4S/c1-20-12(19)7-2-4-8(5-3-7)15-10(17)6-9-11(18)16-13(14)21-9/h2-5,9H,6H2,1H3,(H,15,17)(H2,14,16,18)/t9-/m1/s1. The fourth-order valence-electron chi connectivity index (χ4n) is 1.72. The first kappa shape index (κ1) is 15.0. The van der Waals surface area contributed by atoms with Crippen LogP contribution in [0.1, 0.15) is 16.8 Å². The van der Waals surface area contributed by atoms with Gasteiger partial charge >= 0.3 is 5.97 Å². The molecule has 0 saturated heterocycles. The number of benzene rings is 1. The molecular formula is C13H13N3O4S. The summed E-state index contributed by atoms with van der Waals surface area (Å²) in [5.74, 6) is -1.17. The molecule has 21 heavy (non-hydrogen) atoms. The van der Waals surface area contributed by atoms with Crippen LogP contribution in [0.2, 0.25) is 0 Å². The highest BCUT2D eigenvalue weighted by Crippen LogP contribution is 2.23. The number of methoxy groups -OCH3 is 1. The molecule has 0 aliphatic carbocycles. The van der Waals surface area contributed by atoms with Crippen LogP contribution in [-0.4, -0.2) is 35.3 Å². The normalized spacial score (nSPS) is 17.3. The summed E-state index contributed by atoms with van der Waals surface area (Å²) in [6, 6.07) is 6.24. The lowest BCUT2D eigenvalue weighted by Gasteiger charge is -2.08. The fraction of sp³-hybridized carbons (Fsp3) is 0.231. The third-order valence-electron chi connectivity index (χ3n) is 2.72. The molecule has 1 aromatic rings. The predicted molar refractivity (Wildman–Crippen MR) is 79.0 cm³/mol. The number of hydrogen-bond acceptors (Lipinski definition) is 6. The molecule has 1 aromatic carbocycles. The Labute approximate surface area is 124 Å². The summed E-state index contributed by atoms with van der Waals surface area (Å²) >= 11 is 1.08. The van der Waals surface area contributed by atoms with Crippen molar-refractivity contribution < 1.29 is 19.1 Å². The number of esters is 1. The Balaban J connectivity index is 1.91. The molecule has 2 rings (SSSR count). The third kappa shape index (κ3) is 3.82. The SMILES string of the molecule is COC(=O)c1ccc(NC(=O)C[C@H]2SC(N)=NC2=O)cc1. The quantitative estimate of drug-likeness (QED) is 0.794. The number of thioether (sulfide) groups is 1. The van der Waals surface area contributed by atoms with Gasteiger partial charge in [-0.25, -0.2) is 4.79 Å². The van der Waals surface area contributed by atoms with Crippen LogP contribution in [0.15, 0.2) is 29.3 Å². The van der Waals surface area contributed by atoms with Crippen LogP contribution >= 0.6 is 11.8 Å². The zero-order valence-electron chi connectivity index (χ0n) is 11.2. The lowest BCUT2D eigenvalue weighted by molar-refractivity contribution is -0.121. The van der Waals surface area contributed by atoms with Crippen molar-refractivity contribution in [3.63, 3.8) is 0 Å². The summed E-state index contributed by atoms with van der Waals surface area (Å²) < 4.78 is 4.58. The maximum absolute atomic E-state index is 11.8. The Morgan fingerprint density at radius 2 is 2.05 bits per heavy atom. The van der Waals surface area contributed by atoms with Crippen LogP contribution in [0.3, 0.4) is 0 Å². The number of hydrogen-bond donors (Lipinski definition) is 2. The highest BCUT2D eigenvalue weighted by Gasteiger charge is 2.29. The van der Waals surface area contributed by atoms with E-state index in [0.717, 1.165) is 11.8 Å². The van der Waals surface area contributed by atoms with Crippen molar-refractivity contribution >= 4 is 40.4 Å². The van der Waals surface area contributed by atoms with Gasteiger partial charge in [-0.05, 0) is 24.3 Å². The lowest BCUT2D eigenvalue weighted by atomic mass is 10.2. The van der Waals surface area contributed by atoms with Crippen molar-refractivity contribution in [1.29, 1.82) is 0 Å². The predicted octanol–water partition coefficient (Wildman–Crippen LogP) is 0.758. The first-order valence-corrected chi connectivity index (χ1v) is 6.90. The largest absolute Gasteiger partial charge is 0.465 e. The second-order valence-corrected chi connectivity index (χ2v) is 5.44. The van der Waals surface area contributed by atoms with Crippen molar-refractivity contribution in [2.24, 2.45) is 10.7 Å². The molecule has 1 aliphatic rings. The van der Waals surface area contributed by atoms with E-state index in [9.17, 15) is 14.4 Å². The van der Waals surface area contributed by atoms with E-state index in [2.05, 4.69) is 15.0 Å². The number of ether oxygens (including phenoxy) is 1. The Bertz CT molecular complexity index is 612. The van der Waals surface area contributed by atoms with Crippen molar-refractivity contribution in [3.05, 3.63) is 29.8 Å². The summed E-state index contributed by atoms with van der Waals surface area (Å²) in [5, 5.41) is 2.25. The highest BCUT2D eigenvalue weighted by molar-refractivity contribution is 8.15. The molecule has 3 N–H and O–H groups in total. The van der Waals surface area contributed by atoms with Gasteiger partial charge in [0.15, 0.2) is 5.17 Å². The van der Waals surface area contributed by atoms with E-state index in [1.165, 1.54) is 19.2 Å². The minimum Gasteiger partial charge on any atom is -0.465 e. The molecule has 0 unspecified atom stereocenters. The number of amides is 2. The number of rotatable bonds is 4. The van der Waals surface area contributed by atoms with Gasteiger partial charge in [0.05, 0.1) is 12.7 Å².